The van der Waals surface area contributed by atoms with Gasteiger partial charge in [0, 0.05) is 11.6 Å². The van der Waals surface area contributed by atoms with Gasteiger partial charge in [-0.3, -0.25) is 0 Å². The number of rotatable bonds is 8. The van der Waals surface area contributed by atoms with Crippen molar-refractivity contribution in [3.05, 3.63) is 53.6 Å². The van der Waals surface area contributed by atoms with Crippen molar-refractivity contribution in [1.82, 2.24) is 0 Å². The predicted molar refractivity (Wildman–Crippen MR) is 104 cm³/mol. The molecule has 2 rings (SSSR count). The van der Waals surface area contributed by atoms with E-state index in [4.69, 9.17) is 4.74 Å². The zero-order valence-corrected chi connectivity index (χ0v) is 16.5. The standard InChI is InChI=1S/C19H23BrO3S/c1-15-13-18(23-11-4-12-24(2,21)22)7-8-19(15)17-6-3-5-16(14-17)9-10-20/h3,5-8,13-14H,4,9-12H2,1-2H3. The van der Waals surface area contributed by atoms with E-state index in [0.717, 1.165) is 23.1 Å². The van der Waals surface area contributed by atoms with Gasteiger partial charge in [0.15, 0.2) is 0 Å². The topological polar surface area (TPSA) is 43.4 Å². The van der Waals surface area contributed by atoms with Crippen molar-refractivity contribution < 1.29 is 13.2 Å². The summed E-state index contributed by atoms with van der Waals surface area (Å²) < 4.78 is 27.9. The van der Waals surface area contributed by atoms with Gasteiger partial charge in [0.05, 0.1) is 12.4 Å². The van der Waals surface area contributed by atoms with Gasteiger partial charge in [-0.1, -0.05) is 46.3 Å². The molecular formula is C19H23BrO3S. The van der Waals surface area contributed by atoms with Crippen LogP contribution in [0.3, 0.4) is 0 Å². The first kappa shape index (κ1) is 19.0. The largest absolute Gasteiger partial charge is 0.494 e. The van der Waals surface area contributed by atoms with E-state index in [9.17, 15) is 8.42 Å². The van der Waals surface area contributed by atoms with Crippen molar-refractivity contribution in [2.75, 3.05) is 23.9 Å². The second-order valence-corrected chi connectivity index (χ2v) is 9.00. The summed E-state index contributed by atoms with van der Waals surface area (Å²) in [5.74, 6) is 0.936. The van der Waals surface area contributed by atoms with Gasteiger partial charge in [-0.05, 0) is 54.2 Å². The Labute approximate surface area is 153 Å². The zero-order chi connectivity index (χ0) is 17.6. The maximum absolute atomic E-state index is 11.1. The van der Waals surface area contributed by atoms with E-state index in [2.05, 4.69) is 53.2 Å². The normalized spacial score (nSPS) is 11.5. The summed E-state index contributed by atoms with van der Waals surface area (Å²) in [6.45, 7) is 2.47. The summed E-state index contributed by atoms with van der Waals surface area (Å²) in [7, 11) is -2.92. The van der Waals surface area contributed by atoms with E-state index in [1.165, 1.54) is 22.9 Å². The van der Waals surface area contributed by atoms with Crippen LogP contribution in [0.5, 0.6) is 5.75 Å². The smallest absolute Gasteiger partial charge is 0.147 e. The van der Waals surface area contributed by atoms with E-state index in [1.807, 2.05) is 12.1 Å². The second-order valence-electron chi connectivity index (χ2n) is 5.95. The lowest BCUT2D eigenvalue weighted by Crippen LogP contribution is -2.08. The Balaban J connectivity index is 2.05. The molecule has 3 nitrogen and oxygen atoms in total. The Morgan fingerprint density at radius 3 is 2.58 bits per heavy atom. The monoisotopic (exact) mass is 410 g/mol. The Hall–Kier alpha value is -1.33. The van der Waals surface area contributed by atoms with Crippen LogP contribution in [0.1, 0.15) is 17.5 Å². The van der Waals surface area contributed by atoms with Crippen molar-refractivity contribution in [2.45, 2.75) is 19.8 Å². The molecule has 0 aliphatic carbocycles. The minimum atomic E-state index is -2.92. The highest BCUT2D eigenvalue weighted by Crippen LogP contribution is 2.27. The maximum atomic E-state index is 11.1. The van der Waals surface area contributed by atoms with Gasteiger partial charge in [-0.15, -0.1) is 0 Å². The third-order valence-corrected chi connectivity index (χ3v) is 5.17. The summed E-state index contributed by atoms with van der Waals surface area (Å²) in [6, 6.07) is 14.6. The van der Waals surface area contributed by atoms with E-state index in [-0.39, 0.29) is 5.75 Å². The van der Waals surface area contributed by atoms with Crippen molar-refractivity contribution in [3.63, 3.8) is 0 Å². The van der Waals surface area contributed by atoms with Gasteiger partial charge in [-0.2, -0.15) is 0 Å². The Kier molecular flexibility index (Phi) is 6.87. The number of hydrogen-bond acceptors (Lipinski definition) is 3. The third kappa shape index (κ3) is 5.95. The first-order chi connectivity index (χ1) is 11.4. The van der Waals surface area contributed by atoms with Crippen molar-refractivity contribution in [1.29, 1.82) is 0 Å². The van der Waals surface area contributed by atoms with Crippen molar-refractivity contribution in [3.8, 4) is 16.9 Å². The van der Waals surface area contributed by atoms with Gasteiger partial charge >= 0.3 is 0 Å². The molecule has 0 heterocycles. The summed E-state index contributed by atoms with van der Waals surface area (Å²) in [4.78, 5) is 0. The summed E-state index contributed by atoms with van der Waals surface area (Å²) in [5, 5.41) is 0.954. The molecule has 24 heavy (non-hydrogen) atoms. The molecule has 0 aromatic heterocycles. The van der Waals surface area contributed by atoms with Crippen LogP contribution in [0.15, 0.2) is 42.5 Å². The van der Waals surface area contributed by atoms with Crippen LogP contribution in [-0.4, -0.2) is 32.4 Å². The van der Waals surface area contributed by atoms with Crippen molar-refractivity contribution in [2.24, 2.45) is 0 Å². The second kappa shape index (κ2) is 8.67. The Morgan fingerprint density at radius 2 is 1.92 bits per heavy atom. The number of ether oxygens (including phenoxy) is 1. The van der Waals surface area contributed by atoms with Gasteiger partial charge in [0.25, 0.3) is 0 Å². The highest BCUT2D eigenvalue weighted by atomic mass is 79.9. The molecule has 2 aromatic carbocycles. The predicted octanol–water partition coefficient (Wildman–Crippen LogP) is 4.41. The van der Waals surface area contributed by atoms with Crippen LogP contribution in [-0.2, 0) is 16.3 Å². The maximum Gasteiger partial charge on any atom is 0.147 e. The number of benzene rings is 2. The molecule has 0 unspecified atom stereocenters. The summed E-state index contributed by atoms with van der Waals surface area (Å²) in [6.07, 6.45) is 2.76. The van der Waals surface area contributed by atoms with Gasteiger partial charge in [0.1, 0.15) is 15.6 Å². The SMILES string of the molecule is Cc1cc(OCCCS(C)(=O)=O)ccc1-c1cccc(CCBr)c1. The average molecular weight is 411 g/mol. The van der Waals surface area contributed by atoms with E-state index >= 15 is 0 Å². The van der Waals surface area contributed by atoms with E-state index in [1.54, 1.807) is 0 Å². The molecule has 0 radical (unpaired) electrons. The number of sulfone groups is 1. The fraction of sp³-hybridized carbons (Fsp3) is 0.368. The molecule has 5 heteroatoms. The van der Waals surface area contributed by atoms with Crippen LogP contribution >= 0.6 is 15.9 Å². The van der Waals surface area contributed by atoms with Crippen LogP contribution < -0.4 is 4.74 Å². The van der Waals surface area contributed by atoms with E-state index in [0.29, 0.717) is 13.0 Å². The fourth-order valence-electron chi connectivity index (χ4n) is 2.56. The highest BCUT2D eigenvalue weighted by Gasteiger charge is 2.06. The molecule has 2 aromatic rings. The molecular weight excluding hydrogens is 388 g/mol. The highest BCUT2D eigenvalue weighted by molar-refractivity contribution is 9.09. The average Bonchev–Trinajstić information content (AvgIpc) is 2.51. The van der Waals surface area contributed by atoms with Crippen molar-refractivity contribution >= 4 is 25.8 Å². The molecule has 130 valence electrons. The van der Waals surface area contributed by atoms with Crippen LogP contribution in [0.25, 0.3) is 11.1 Å². The Bertz CT molecular complexity index is 785. The quantitative estimate of drug-likeness (QED) is 0.477. The molecule has 0 atom stereocenters. The molecule has 0 N–H and O–H groups in total. The number of halogens is 1. The lowest BCUT2D eigenvalue weighted by molar-refractivity contribution is 0.317. The first-order valence-corrected chi connectivity index (χ1v) is 11.1. The zero-order valence-electron chi connectivity index (χ0n) is 14.1. The fourth-order valence-corrected chi connectivity index (χ4v) is 3.66. The minimum absolute atomic E-state index is 0.157. The summed E-state index contributed by atoms with van der Waals surface area (Å²) >= 11 is 3.48. The Morgan fingerprint density at radius 1 is 1.12 bits per heavy atom. The van der Waals surface area contributed by atoms with E-state index < -0.39 is 9.84 Å². The van der Waals surface area contributed by atoms with Gasteiger partial charge < -0.3 is 4.74 Å². The third-order valence-electron chi connectivity index (χ3n) is 3.75. The lowest BCUT2D eigenvalue weighted by Gasteiger charge is -2.11. The first-order valence-electron chi connectivity index (χ1n) is 7.95. The molecule has 0 spiro atoms. The molecule has 0 aliphatic rings. The summed E-state index contributed by atoms with van der Waals surface area (Å²) in [5.41, 5.74) is 4.85. The van der Waals surface area contributed by atoms with Crippen LogP contribution in [0.4, 0.5) is 0 Å². The van der Waals surface area contributed by atoms with Crippen LogP contribution in [0, 0.1) is 6.92 Å². The molecule has 0 saturated carbocycles. The van der Waals surface area contributed by atoms with Crippen LogP contribution in [0.2, 0.25) is 0 Å². The molecule has 0 aliphatic heterocycles. The number of alkyl halides is 1. The lowest BCUT2D eigenvalue weighted by atomic mass is 9.98. The number of hydrogen-bond donors (Lipinski definition) is 0. The molecule has 0 amide bonds. The minimum Gasteiger partial charge on any atom is -0.494 e. The van der Waals surface area contributed by atoms with Gasteiger partial charge in [-0.25, -0.2) is 8.42 Å². The molecule has 0 bridgehead atoms. The molecule has 0 fully saturated rings. The number of aryl methyl sites for hydroxylation is 2. The molecule has 0 saturated heterocycles. The van der Waals surface area contributed by atoms with Gasteiger partial charge in [0.2, 0.25) is 0 Å².